The normalized spacial score (nSPS) is 9.67. The van der Waals surface area contributed by atoms with E-state index in [4.69, 9.17) is 9.47 Å². The molecule has 0 aromatic carbocycles. The molecule has 0 spiro atoms. The summed E-state index contributed by atoms with van der Waals surface area (Å²) in [5.41, 5.74) is 0. The minimum Gasteiger partial charge on any atom is -0.438 e. The monoisotopic (exact) mass is 266 g/mol. The Kier molecular flexibility index (Phi) is 10.9. The molecule has 8 nitrogen and oxygen atoms in total. The zero-order valence-electron chi connectivity index (χ0n) is 10.5. The van der Waals surface area contributed by atoms with Gasteiger partial charge in [0, 0.05) is 0 Å². The quantitative estimate of drug-likeness (QED) is 0.442. The third kappa shape index (κ3) is 11.0. The van der Waals surface area contributed by atoms with Crippen molar-refractivity contribution in [2.75, 3.05) is 53.9 Å². The van der Waals surface area contributed by atoms with E-state index in [1.165, 1.54) is 14.2 Å². The van der Waals surface area contributed by atoms with Crippen molar-refractivity contribution in [3.05, 3.63) is 0 Å². The highest BCUT2D eigenvalue weighted by molar-refractivity contribution is 5.59. The van der Waals surface area contributed by atoms with E-state index < -0.39 is 12.3 Å². The highest BCUT2D eigenvalue weighted by Gasteiger charge is 2.00. The summed E-state index contributed by atoms with van der Waals surface area (Å²) >= 11 is 0. The third-order valence-electron chi connectivity index (χ3n) is 1.60. The Bertz CT molecular complexity index is 206. The van der Waals surface area contributed by atoms with Crippen LogP contribution in [0.1, 0.15) is 0 Å². The summed E-state index contributed by atoms with van der Waals surface area (Å²) < 4.78 is 27.8. The van der Waals surface area contributed by atoms with E-state index in [-0.39, 0.29) is 26.4 Å². The van der Waals surface area contributed by atoms with Crippen molar-refractivity contribution in [3.8, 4) is 0 Å². The van der Waals surface area contributed by atoms with Gasteiger partial charge in [-0.3, -0.25) is 0 Å². The molecule has 0 unspecified atom stereocenters. The first-order chi connectivity index (χ1) is 8.70. The van der Waals surface area contributed by atoms with Crippen LogP contribution in [0.4, 0.5) is 9.59 Å². The lowest BCUT2D eigenvalue weighted by molar-refractivity contribution is 0.000361. The SMILES string of the molecule is COC(=O)OCCOCCOCCOC(=O)OC. The zero-order chi connectivity index (χ0) is 13.6. The molecule has 0 N–H and O–H groups in total. The lowest BCUT2D eigenvalue weighted by Crippen LogP contribution is -2.14. The van der Waals surface area contributed by atoms with Crippen LogP contribution in [-0.2, 0) is 28.4 Å². The second-order valence-electron chi connectivity index (χ2n) is 2.83. The summed E-state index contributed by atoms with van der Waals surface area (Å²) in [6, 6.07) is 0. The van der Waals surface area contributed by atoms with E-state index >= 15 is 0 Å². The first-order valence-electron chi connectivity index (χ1n) is 5.27. The predicted molar refractivity (Wildman–Crippen MR) is 58.4 cm³/mol. The molecular weight excluding hydrogens is 248 g/mol. The van der Waals surface area contributed by atoms with Crippen LogP contribution in [0.3, 0.4) is 0 Å². The van der Waals surface area contributed by atoms with Gasteiger partial charge in [-0.2, -0.15) is 0 Å². The minimum atomic E-state index is -0.741. The van der Waals surface area contributed by atoms with Crippen molar-refractivity contribution in [3.63, 3.8) is 0 Å². The van der Waals surface area contributed by atoms with Crippen LogP contribution in [0.5, 0.6) is 0 Å². The molecule has 0 saturated heterocycles. The number of carbonyl (C=O) groups excluding carboxylic acids is 2. The van der Waals surface area contributed by atoms with Gasteiger partial charge in [-0.25, -0.2) is 9.59 Å². The van der Waals surface area contributed by atoms with Gasteiger partial charge in [-0.15, -0.1) is 0 Å². The van der Waals surface area contributed by atoms with Crippen molar-refractivity contribution in [1.82, 2.24) is 0 Å². The molecule has 0 aliphatic rings. The standard InChI is InChI=1S/C10H18O8/c1-13-9(11)17-7-5-15-3-4-16-6-8-18-10(12)14-2/h3-8H2,1-2H3. The van der Waals surface area contributed by atoms with Gasteiger partial charge in [0.2, 0.25) is 0 Å². The molecule has 0 heterocycles. The van der Waals surface area contributed by atoms with E-state index in [0.29, 0.717) is 13.2 Å². The Labute approximate surface area is 105 Å². The zero-order valence-corrected chi connectivity index (χ0v) is 10.5. The fraction of sp³-hybridized carbons (Fsp3) is 0.800. The molecule has 18 heavy (non-hydrogen) atoms. The molecule has 0 saturated carbocycles. The molecule has 0 bridgehead atoms. The largest absolute Gasteiger partial charge is 0.508 e. The summed E-state index contributed by atoms with van der Waals surface area (Å²) in [7, 11) is 2.46. The van der Waals surface area contributed by atoms with Crippen LogP contribution in [-0.4, -0.2) is 66.2 Å². The Morgan fingerprint density at radius 3 is 1.33 bits per heavy atom. The van der Waals surface area contributed by atoms with Crippen LogP contribution in [0.15, 0.2) is 0 Å². The molecular formula is C10H18O8. The van der Waals surface area contributed by atoms with E-state index in [0.717, 1.165) is 0 Å². The number of ether oxygens (including phenoxy) is 6. The minimum absolute atomic E-state index is 0.123. The van der Waals surface area contributed by atoms with Gasteiger partial charge < -0.3 is 28.4 Å². The van der Waals surface area contributed by atoms with Crippen molar-refractivity contribution >= 4 is 12.3 Å². The van der Waals surface area contributed by atoms with Gasteiger partial charge in [0.25, 0.3) is 0 Å². The number of carbonyl (C=O) groups is 2. The average molecular weight is 266 g/mol. The summed E-state index contributed by atoms with van der Waals surface area (Å²) in [5.74, 6) is 0. The molecule has 8 heteroatoms. The maximum absolute atomic E-state index is 10.5. The van der Waals surface area contributed by atoms with Crippen molar-refractivity contribution in [1.29, 1.82) is 0 Å². The molecule has 106 valence electrons. The van der Waals surface area contributed by atoms with Gasteiger partial charge in [0.1, 0.15) is 13.2 Å². The molecule has 0 aromatic rings. The van der Waals surface area contributed by atoms with Crippen LogP contribution < -0.4 is 0 Å². The Morgan fingerprint density at radius 2 is 1.00 bits per heavy atom. The van der Waals surface area contributed by atoms with Crippen LogP contribution in [0.25, 0.3) is 0 Å². The van der Waals surface area contributed by atoms with E-state index in [2.05, 4.69) is 18.9 Å². The van der Waals surface area contributed by atoms with Gasteiger partial charge >= 0.3 is 12.3 Å². The van der Waals surface area contributed by atoms with E-state index in [1.807, 2.05) is 0 Å². The second-order valence-corrected chi connectivity index (χ2v) is 2.83. The van der Waals surface area contributed by atoms with Crippen molar-refractivity contribution < 1.29 is 38.0 Å². The Hall–Kier alpha value is -1.54. The van der Waals surface area contributed by atoms with E-state index in [1.54, 1.807) is 0 Å². The fourth-order valence-electron chi connectivity index (χ4n) is 0.808. The first-order valence-corrected chi connectivity index (χ1v) is 5.27. The van der Waals surface area contributed by atoms with Crippen LogP contribution >= 0.6 is 0 Å². The Morgan fingerprint density at radius 1 is 0.667 bits per heavy atom. The molecule has 0 rings (SSSR count). The first kappa shape index (κ1) is 16.5. The maximum atomic E-state index is 10.5. The van der Waals surface area contributed by atoms with Crippen LogP contribution in [0, 0.1) is 0 Å². The van der Waals surface area contributed by atoms with Gasteiger partial charge in [-0.1, -0.05) is 0 Å². The molecule has 0 fully saturated rings. The predicted octanol–water partition coefficient (Wildman–Crippen LogP) is 0.586. The molecule has 0 radical (unpaired) electrons. The smallest absolute Gasteiger partial charge is 0.438 e. The second kappa shape index (κ2) is 11.9. The number of methoxy groups -OCH3 is 2. The van der Waals surface area contributed by atoms with Gasteiger partial charge in [0.05, 0.1) is 40.6 Å². The summed E-state index contributed by atoms with van der Waals surface area (Å²) in [6.45, 7) is 1.47. The third-order valence-corrected chi connectivity index (χ3v) is 1.60. The van der Waals surface area contributed by atoms with Gasteiger partial charge in [-0.05, 0) is 0 Å². The molecule has 0 atom stereocenters. The molecule has 0 amide bonds. The Balaban J connectivity index is 3.07. The van der Waals surface area contributed by atoms with Gasteiger partial charge in [0.15, 0.2) is 0 Å². The topological polar surface area (TPSA) is 89.5 Å². The van der Waals surface area contributed by atoms with Crippen molar-refractivity contribution in [2.24, 2.45) is 0 Å². The van der Waals surface area contributed by atoms with E-state index in [9.17, 15) is 9.59 Å². The summed E-state index contributed by atoms with van der Waals surface area (Å²) in [6.07, 6.45) is -1.48. The molecule has 0 aromatic heterocycles. The summed E-state index contributed by atoms with van der Waals surface area (Å²) in [4.78, 5) is 21.0. The van der Waals surface area contributed by atoms with Crippen LogP contribution in [0.2, 0.25) is 0 Å². The maximum Gasteiger partial charge on any atom is 0.508 e. The average Bonchev–Trinajstić information content (AvgIpc) is 2.40. The summed E-state index contributed by atoms with van der Waals surface area (Å²) in [5, 5.41) is 0. The highest BCUT2D eigenvalue weighted by atomic mass is 16.7. The number of hydrogen-bond acceptors (Lipinski definition) is 8. The molecule has 0 aliphatic heterocycles. The number of rotatable bonds is 9. The van der Waals surface area contributed by atoms with Crippen molar-refractivity contribution in [2.45, 2.75) is 0 Å². The highest BCUT2D eigenvalue weighted by Crippen LogP contribution is 1.86. The number of hydrogen-bond donors (Lipinski definition) is 0. The lowest BCUT2D eigenvalue weighted by Gasteiger charge is -2.06. The molecule has 0 aliphatic carbocycles. The fourth-order valence-corrected chi connectivity index (χ4v) is 0.808. The lowest BCUT2D eigenvalue weighted by atomic mass is 10.7.